The second kappa shape index (κ2) is 5.92. The first-order valence-corrected chi connectivity index (χ1v) is 4.56. The Morgan fingerprint density at radius 1 is 1.47 bits per heavy atom. The third-order valence-electron chi connectivity index (χ3n) is 1.74. The summed E-state index contributed by atoms with van der Waals surface area (Å²) in [5.41, 5.74) is 0.301. The molecule has 0 radical (unpaired) electrons. The number of hydrogen-bond donors (Lipinski definition) is 2. The van der Waals surface area contributed by atoms with E-state index in [9.17, 15) is 4.79 Å². The van der Waals surface area contributed by atoms with Gasteiger partial charge in [0.05, 0.1) is 6.61 Å². The first kappa shape index (κ1) is 11.4. The van der Waals surface area contributed by atoms with Gasteiger partial charge in [-0.25, -0.2) is 0 Å². The smallest absolute Gasteiger partial charge is 0.271 e. The van der Waals surface area contributed by atoms with Crippen molar-refractivity contribution in [2.45, 2.75) is 0 Å². The lowest BCUT2D eigenvalue weighted by molar-refractivity contribution is 0.0957. The summed E-state index contributed by atoms with van der Waals surface area (Å²) in [6.07, 6.45) is 0. The highest BCUT2D eigenvalue weighted by Crippen LogP contribution is 2.01. The molecule has 0 aliphatic carbocycles. The summed E-state index contributed by atoms with van der Waals surface area (Å²) in [6.45, 7) is 1.25. The van der Waals surface area contributed by atoms with Gasteiger partial charge in [-0.1, -0.05) is 0 Å². The Balaban J connectivity index is 2.52. The average Bonchev–Trinajstić information content (AvgIpc) is 2.29. The molecule has 6 nitrogen and oxygen atoms in total. The molecule has 1 aromatic heterocycles. The Bertz CT molecular complexity index is 312. The zero-order valence-corrected chi connectivity index (χ0v) is 8.78. The fourth-order valence-electron chi connectivity index (χ4n) is 0.957. The molecule has 15 heavy (non-hydrogen) atoms. The number of carbonyl (C=O) groups excluding carboxylic acids is 1. The molecule has 82 valence electrons. The standard InChI is InChI=1S/C9H14N4O2/c1-10-9(14)7-3-4-8(13-12-7)11-5-6-15-2/h3-4H,5-6H2,1-2H3,(H,10,14)(H,11,13). The SMILES string of the molecule is CNC(=O)c1ccc(NCCOC)nn1. The maximum absolute atomic E-state index is 11.1. The zero-order chi connectivity index (χ0) is 11.1. The van der Waals surface area contributed by atoms with Crippen LogP contribution in [0.25, 0.3) is 0 Å². The normalized spacial score (nSPS) is 9.73. The molecule has 6 heteroatoms. The van der Waals surface area contributed by atoms with Crippen molar-refractivity contribution in [3.63, 3.8) is 0 Å². The van der Waals surface area contributed by atoms with Crippen molar-refractivity contribution >= 4 is 11.7 Å². The Kier molecular flexibility index (Phi) is 4.49. The molecule has 0 aliphatic rings. The Hall–Kier alpha value is -1.69. The largest absolute Gasteiger partial charge is 0.383 e. The monoisotopic (exact) mass is 210 g/mol. The van der Waals surface area contributed by atoms with E-state index in [4.69, 9.17) is 4.74 Å². The predicted molar refractivity (Wildman–Crippen MR) is 55.8 cm³/mol. The van der Waals surface area contributed by atoms with Gasteiger partial charge in [-0.15, -0.1) is 10.2 Å². The van der Waals surface area contributed by atoms with Crippen molar-refractivity contribution < 1.29 is 9.53 Å². The van der Waals surface area contributed by atoms with E-state index in [1.807, 2.05) is 0 Å². The third kappa shape index (κ3) is 3.51. The highest BCUT2D eigenvalue weighted by molar-refractivity contribution is 5.91. The number of ether oxygens (including phenoxy) is 1. The summed E-state index contributed by atoms with van der Waals surface area (Å²) in [5.74, 6) is 0.380. The summed E-state index contributed by atoms with van der Waals surface area (Å²) in [4.78, 5) is 11.1. The van der Waals surface area contributed by atoms with Crippen molar-refractivity contribution in [3.05, 3.63) is 17.8 Å². The molecule has 2 N–H and O–H groups in total. The molecule has 1 rings (SSSR count). The maximum atomic E-state index is 11.1. The van der Waals surface area contributed by atoms with Crippen LogP contribution in [0.2, 0.25) is 0 Å². The molecule has 1 heterocycles. The van der Waals surface area contributed by atoms with E-state index < -0.39 is 0 Å². The van der Waals surface area contributed by atoms with Crippen molar-refractivity contribution in [1.82, 2.24) is 15.5 Å². The average molecular weight is 210 g/mol. The topological polar surface area (TPSA) is 76.1 Å². The number of aromatic nitrogens is 2. The van der Waals surface area contributed by atoms with Crippen LogP contribution in [-0.2, 0) is 4.74 Å². The Labute approximate surface area is 88.0 Å². The molecular weight excluding hydrogens is 196 g/mol. The van der Waals surface area contributed by atoms with Crippen LogP contribution >= 0.6 is 0 Å². The number of nitrogens with zero attached hydrogens (tertiary/aromatic N) is 2. The fourth-order valence-corrected chi connectivity index (χ4v) is 0.957. The van der Waals surface area contributed by atoms with Crippen molar-refractivity contribution in [1.29, 1.82) is 0 Å². The molecule has 0 saturated heterocycles. The van der Waals surface area contributed by atoms with Gasteiger partial charge < -0.3 is 15.4 Å². The molecule has 0 saturated carbocycles. The quantitative estimate of drug-likeness (QED) is 0.663. The Morgan fingerprint density at radius 3 is 2.80 bits per heavy atom. The summed E-state index contributed by atoms with van der Waals surface area (Å²) < 4.78 is 4.87. The molecule has 1 aromatic rings. The van der Waals surface area contributed by atoms with Gasteiger partial charge in [-0.3, -0.25) is 4.79 Å². The van der Waals surface area contributed by atoms with Crippen LogP contribution in [0.4, 0.5) is 5.82 Å². The van der Waals surface area contributed by atoms with Gasteiger partial charge in [0.25, 0.3) is 5.91 Å². The van der Waals surface area contributed by atoms with Gasteiger partial charge in [0.1, 0.15) is 5.82 Å². The van der Waals surface area contributed by atoms with Gasteiger partial charge in [0.2, 0.25) is 0 Å². The molecule has 1 amide bonds. The lowest BCUT2D eigenvalue weighted by Gasteiger charge is -2.04. The van der Waals surface area contributed by atoms with Gasteiger partial charge in [-0.05, 0) is 12.1 Å². The maximum Gasteiger partial charge on any atom is 0.271 e. The van der Waals surface area contributed by atoms with Crippen molar-refractivity contribution in [2.75, 3.05) is 32.6 Å². The minimum atomic E-state index is -0.244. The van der Waals surface area contributed by atoms with Gasteiger partial charge in [-0.2, -0.15) is 0 Å². The molecule has 0 aromatic carbocycles. The van der Waals surface area contributed by atoms with Crippen LogP contribution in [-0.4, -0.2) is 43.4 Å². The number of nitrogens with one attached hydrogen (secondary N) is 2. The summed E-state index contributed by atoms with van der Waals surface area (Å²) in [5, 5.41) is 13.1. The van der Waals surface area contributed by atoms with Crippen molar-refractivity contribution in [2.24, 2.45) is 0 Å². The van der Waals surface area contributed by atoms with E-state index in [-0.39, 0.29) is 5.91 Å². The first-order valence-electron chi connectivity index (χ1n) is 4.56. The van der Waals surface area contributed by atoms with E-state index in [0.717, 1.165) is 0 Å². The number of hydrogen-bond acceptors (Lipinski definition) is 5. The van der Waals surface area contributed by atoms with Gasteiger partial charge >= 0.3 is 0 Å². The van der Waals surface area contributed by atoms with E-state index in [1.165, 1.54) is 0 Å². The summed E-state index contributed by atoms with van der Waals surface area (Å²) in [6, 6.07) is 3.31. The first-order chi connectivity index (χ1) is 7.27. The summed E-state index contributed by atoms with van der Waals surface area (Å²) in [7, 11) is 3.18. The minimum Gasteiger partial charge on any atom is -0.383 e. The molecule has 0 unspecified atom stereocenters. The number of methoxy groups -OCH3 is 1. The molecule has 0 spiro atoms. The molecule has 0 fully saturated rings. The van der Waals surface area contributed by atoms with Crippen LogP contribution in [0.5, 0.6) is 0 Å². The van der Waals surface area contributed by atoms with E-state index in [0.29, 0.717) is 24.7 Å². The van der Waals surface area contributed by atoms with Crippen LogP contribution in [0.3, 0.4) is 0 Å². The highest BCUT2D eigenvalue weighted by Gasteiger charge is 2.04. The summed E-state index contributed by atoms with van der Waals surface area (Å²) >= 11 is 0. The van der Waals surface area contributed by atoms with E-state index in [2.05, 4.69) is 20.8 Å². The molecule has 0 bridgehead atoms. The van der Waals surface area contributed by atoms with Gasteiger partial charge in [0.15, 0.2) is 5.69 Å². The lowest BCUT2D eigenvalue weighted by atomic mass is 10.3. The fraction of sp³-hybridized carbons (Fsp3) is 0.444. The van der Waals surface area contributed by atoms with Crippen molar-refractivity contribution in [3.8, 4) is 0 Å². The third-order valence-corrected chi connectivity index (χ3v) is 1.74. The Morgan fingerprint density at radius 2 is 2.27 bits per heavy atom. The molecule has 0 aliphatic heterocycles. The molecular formula is C9H14N4O2. The number of anilines is 1. The van der Waals surface area contributed by atoms with Crippen LogP contribution in [0.1, 0.15) is 10.5 Å². The van der Waals surface area contributed by atoms with Crippen LogP contribution in [0, 0.1) is 0 Å². The van der Waals surface area contributed by atoms with Gasteiger partial charge in [0, 0.05) is 20.7 Å². The second-order valence-corrected chi connectivity index (χ2v) is 2.80. The highest BCUT2D eigenvalue weighted by atomic mass is 16.5. The van der Waals surface area contributed by atoms with Crippen LogP contribution < -0.4 is 10.6 Å². The predicted octanol–water partition coefficient (Wildman–Crippen LogP) is -0.106. The zero-order valence-electron chi connectivity index (χ0n) is 8.78. The lowest BCUT2D eigenvalue weighted by Crippen LogP contribution is -2.20. The van der Waals surface area contributed by atoms with Crippen LogP contribution in [0.15, 0.2) is 12.1 Å². The number of carbonyl (C=O) groups is 1. The number of amides is 1. The minimum absolute atomic E-state index is 0.244. The number of rotatable bonds is 5. The van der Waals surface area contributed by atoms with E-state index >= 15 is 0 Å². The van der Waals surface area contributed by atoms with E-state index in [1.54, 1.807) is 26.3 Å². The molecule has 0 atom stereocenters. The second-order valence-electron chi connectivity index (χ2n) is 2.80.